The van der Waals surface area contributed by atoms with Gasteiger partial charge in [-0.2, -0.15) is 0 Å². The van der Waals surface area contributed by atoms with Crippen LogP contribution in [0.25, 0.3) is 0 Å². The second-order valence-electron chi connectivity index (χ2n) is 6.06. The number of nitrogens with one attached hydrogen (secondary N) is 1. The third kappa shape index (κ3) is 6.12. The molecule has 1 saturated heterocycles. The second kappa shape index (κ2) is 9.03. The molecule has 1 aliphatic rings. The summed E-state index contributed by atoms with van der Waals surface area (Å²) in [6.07, 6.45) is 1.91. The van der Waals surface area contributed by atoms with Crippen molar-refractivity contribution in [2.45, 2.75) is 19.4 Å². The fraction of sp³-hybridized carbons (Fsp3) is 0.500. The van der Waals surface area contributed by atoms with Crippen molar-refractivity contribution >= 4 is 45.1 Å². The number of hydrogen-bond donors (Lipinski definition) is 1. The fourth-order valence-corrected chi connectivity index (χ4v) is 3.94. The summed E-state index contributed by atoms with van der Waals surface area (Å²) in [4.78, 5) is 23.8. The zero-order chi connectivity index (χ0) is 19.3. The van der Waals surface area contributed by atoms with E-state index in [1.807, 2.05) is 0 Å². The summed E-state index contributed by atoms with van der Waals surface area (Å²) in [7, 11) is -3.24. The van der Waals surface area contributed by atoms with Gasteiger partial charge in [-0.15, -0.1) is 0 Å². The lowest BCUT2D eigenvalue weighted by molar-refractivity contribution is -0.153. The highest BCUT2D eigenvalue weighted by molar-refractivity contribution is 7.88. The summed E-state index contributed by atoms with van der Waals surface area (Å²) in [5.74, 6) is -1.33. The van der Waals surface area contributed by atoms with Crippen LogP contribution >= 0.6 is 23.2 Å². The average Bonchev–Trinajstić information content (AvgIpc) is 2.58. The van der Waals surface area contributed by atoms with Gasteiger partial charge >= 0.3 is 5.97 Å². The van der Waals surface area contributed by atoms with E-state index in [1.54, 1.807) is 18.2 Å². The van der Waals surface area contributed by atoms with Gasteiger partial charge in [0.05, 0.1) is 12.2 Å². The minimum Gasteiger partial charge on any atom is -0.455 e. The van der Waals surface area contributed by atoms with Crippen molar-refractivity contribution in [2.75, 3.05) is 26.0 Å². The summed E-state index contributed by atoms with van der Waals surface area (Å²) in [5.41, 5.74) is 0.698. The summed E-state index contributed by atoms with van der Waals surface area (Å²) in [6, 6.07) is 4.94. The van der Waals surface area contributed by atoms with Crippen LogP contribution in [0.15, 0.2) is 18.2 Å². The van der Waals surface area contributed by atoms with Crippen LogP contribution in [-0.4, -0.2) is 50.6 Å². The van der Waals surface area contributed by atoms with Gasteiger partial charge in [-0.1, -0.05) is 29.3 Å². The summed E-state index contributed by atoms with van der Waals surface area (Å²) >= 11 is 11.8. The Morgan fingerprint density at radius 3 is 2.50 bits per heavy atom. The van der Waals surface area contributed by atoms with Gasteiger partial charge in [0.15, 0.2) is 6.61 Å². The second-order valence-corrected chi connectivity index (χ2v) is 8.88. The third-order valence-corrected chi connectivity index (χ3v) is 5.98. The lowest BCUT2D eigenvalue weighted by atomic mass is 9.98. The highest BCUT2D eigenvalue weighted by Crippen LogP contribution is 2.21. The van der Waals surface area contributed by atoms with Crippen molar-refractivity contribution in [3.8, 4) is 0 Å². The number of carbonyl (C=O) groups excluding carboxylic acids is 2. The lowest BCUT2D eigenvalue weighted by Gasteiger charge is -2.28. The van der Waals surface area contributed by atoms with Gasteiger partial charge < -0.3 is 10.1 Å². The Bertz CT molecular complexity index is 777. The lowest BCUT2D eigenvalue weighted by Crippen LogP contribution is -2.40. The van der Waals surface area contributed by atoms with Crippen LogP contribution in [0, 0.1) is 5.92 Å². The maximum absolute atomic E-state index is 12.0. The number of benzene rings is 1. The highest BCUT2D eigenvalue weighted by Gasteiger charge is 2.30. The molecule has 144 valence electrons. The Kier molecular flexibility index (Phi) is 7.28. The molecule has 0 unspecified atom stereocenters. The van der Waals surface area contributed by atoms with Crippen molar-refractivity contribution in [2.24, 2.45) is 5.92 Å². The number of carbonyl (C=O) groups is 2. The maximum Gasteiger partial charge on any atom is 0.309 e. The zero-order valence-corrected chi connectivity index (χ0v) is 16.5. The van der Waals surface area contributed by atoms with Crippen LogP contribution in [-0.2, 0) is 30.9 Å². The fourth-order valence-electron chi connectivity index (χ4n) is 2.59. The van der Waals surface area contributed by atoms with Crippen LogP contribution in [0.2, 0.25) is 10.0 Å². The smallest absolute Gasteiger partial charge is 0.309 e. The van der Waals surface area contributed by atoms with Crippen LogP contribution in [0.4, 0.5) is 0 Å². The molecular weight excluding hydrogens is 403 g/mol. The van der Waals surface area contributed by atoms with Gasteiger partial charge in [0.1, 0.15) is 0 Å². The van der Waals surface area contributed by atoms with E-state index in [9.17, 15) is 18.0 Å². The van der Waals surface area contributed by atoms with Crippen molar-refractivity contribution in [1.82, 2.24) is 9.62 Å². The zero-order valence-electron chi connectivity index (χ0n) is 14.2. The van der Waals surface area contributed by atoms with Gasteiger partial charge in [0.25, 0.3) is 5.91 Å². The first kappa shape index (κ1) is 21.0. The topological polar surface area (TPSA) is 92.8 Å². The van der Waals surface area contributed by atoms with Crippen LogP contribution in [0.1, 0.15) is 18.4 Å². The molecule has 2 rings (SSSR count). The molecule has 10 heteroatoms. The molecule has 0 spiro atoms. The van der Waals surface area contributed by atoms with Gasteiger partial charge in [-0.25, -0.2) is 12.7 Å². The molecule has 0 bridgehead atoms. The molecule has 1 fully saturated rings. The number of sulfonamides is 1. The molecule has 1 aromatic carbocycles. The Balaban J connectivity index is 1.73. The minimum atomic E-state index is -3.24. The number of hydrogen-bond acceptors (Lipinski definition) is 5. The molecule has 1 aromatic rings. The average molecular weight is 423 g/mol. The molecule has 1 aliphatic heterocycles. The van der Waals surface area contributed by atoms with Crippen molar-refractivity contribution in [1.29, 1.82) is 0 Å². The quantitative estimate of drug-likeness (QED) is 0.705. The van der Waals surface area contributed by atoms with Crippen LogP contribution < -0.4 is 5.32 Å². The van der Waals surface area contributed by atoms with E-state index in [4.69, 9.17) is 27.9 Å². The predicted molar refractivity (Wildman–Crippen MR) is 98.4 cm³/mol. The number of amides is 1. The highest BCUT2D eigenvalue weighted by atomic mass is 35.5. The van der Waals surface area contributed by atoms with Crippen molar-refractivity contribution < 1.29 is 22.7 Å². The van der Waals surface area contributed by atoms with Gasteiger partial charge in [0.2, 0.25) is 10.0 Å². The van der Waals surface area contributed by atoms with Gasteiger partial charge in [0, 0.05) is 29.7 Å². The van der Waals surface area contributed by atoms with Gasteiger partial charge in [-0.3, -0.25) is 9.59 Å². The Hall–Kier alpha value is -1.35. The number of piperidine rings is 1. The third-order valence-electron chi connectivity index (χ3n) is 4.09. The molecule has 0 atom stereocenters. The minimum absolute atomic E-state index is 0.194. The largest absolute Gasteiger partial charge is 0.455 e. The van der Waals surface area contributed by atoms with Crippen LogP contribution in [0.3, 0.4) is 0 Å². The number of esters is 1. The first-order valence-corrected chi connectivity index (χ1v) is 10.6. The number of ether oxygens (including phenoxy) is 1. The molecule has 1 heterocycles. The maximum atomic E-state index is 12.0. The van der Waals surface area contributed by atoms with Gasteiger partial charge in [-0.05, 0) is 30.5 Å². The van der Waals surface area contributed by atoms with E-state index >= 15 is 0 Å². The van der Waals surface area contributed by atoms with E-state index in [0.717, 1.165) is 6.26 Å². The first-order chi connectivity index (χ1) is 12.2. The SMILES string of the molecule is CS(=O)(=O)N1CCC(C(=O)OCC(=O)NCc2ccc(Cl)cc2Cl)CC1. The molecule has 0 radical (unpaired) electrons. The van der Waals surface area contributed by atoms with Crippen molar-refractivity contribution in [3.63, 3.8) is 0 Å². The molecule has 1 amide bonds. The van der Waals surface area contributed by atoms with Crippen molar-refractivity contribution in [3.05, 3.63) is 33.8 Å². The normalized spacial score (nSPS) is 16.3. The molecule has 0 aromatic heterocycles. The molecule has 7 nitrogen and oxygen atoms in total. The number of halogens is 2. The van der Waals surface area contributed by atoms with E-state index < -0.39 is 34.4 Å². The Morgan fingerprint density at radius 2 is 1.92 bits per heavy atom. The summed E-state index contributed by atoms with van der Waals surface area (Å²) in [5, 5.41) is 3.55. The monoisotopic (exact) mass is 422 g/mol. The van der Waals surface area contributed by atoms with Crippen LogP contribution in [0.5, 0.6) is 0 Å². The van der Waals surface area contributed by atoms with E-state index in [2.05, 4.69) is 5.32 Å². The molecular formula is C16H20Cl2N2O5S. The Morgan fingerprint density at radius 1 is 1.27 bits per heavy atom. The van der Waals surface area contributed by atoms with E-state index in [1.165, 1.54) is 4.31 Å². The number of nitrogens with zero attached hydrogens (tertiary/aromatic N) is 1. The first-order valence-electron chi connectivity index (χ1n) is 7.99. The van der Waals surface area contributed by atoms with E-state index in [0.29, 0.717) is 28.5 Å². The molecule has 0 saturated carbocycles. The molecule has 0 aliphatic carbocycles. The predicted octanol–water partition coefficient (Wildman–Crippen LogP) is 1.82. The molecule has 1 N–H and O–H groups in total. The standard InChI is InChI=1S/C16H20Cl2N2O5S/c1-26(23,24)20-6-4-11(5-7-20)16(22)25-10-15(21)19-9-12-2-3-13(17)8-14(12)18/h2-3,8,11H,4-7,9-10H2,1H3,(H,19,21). The Labute approximate surface area is 162 Å². The number of rotatable bonds is 6. The van der Waals surface area contributed by atoms with E-state index in [-0.39, 0.29) is 19.6 Å². The summed E-state index contributed by atoms with van der Waals surface area (Å²) in [6.45, 7) is 0.356. The molecule has 26 heavy (non-hydrogen) atoms. The summed E-state index contributed by atoms with van der Waals surface area (Å²) < 4.78 is 29.3.